The Morgan fingerprint density at radius 2 is 1.89 bits per heavy atom. The molecule has 0 aliphatic carbocycles. The van der Waals surface area contributed by atoms with Crippen molar-refractivity contribution in [3.8, 4) is 0 Å². The number of hydrogen-bond acceptors (Lipinski definition) is 2. The van der Waals surface area contributed by atoms with Crippen molar-refractivity contribution < 1.29 is 8.78 Å². The highest BCUT2D eigenvalue weighted by Gasteiger charge is 2.25. The quantitative estimate of drug-likeness (QED) is 0.897. The van der Waals surface area contributed by atoms with Crippen LogP contribution in [-0.4, -0.2) is 30.1 Å². The van der Waals surface area contributed by atoms with Gasteiger partial charge in [-0.1, -0.05) is 6.07 Å². The monoisotopic (exact) mass is 254 g/mol. The summed E-state index contributed by atoms with van der Waals surface area (Å²) in [5.74, 6) is -1.55. The Morgan fingerprint density at radius 3 is 2.50 bits per heavy atom. The highest BCUT2D eigenvalue weighted by Crippen LogP contribution is 2.19. The van der Waals surface area contributed by atoms with Crippen molar-refractivity contribution in [2.24, 2.45) is 5.73 Å². The first kappa shape index (κ1) is 13.4. The lowest BCUT2D eigenvalue weighted by molar-refractivity contribution is 0.173. The number of halogens is 2. The van der Waals surface area contributed by atoms with E-state index in [0.29, 0.717) is 0 Å². The zero-order valence-electron chi connectivity index (χ0n) is 10.8. The number of rotatable bonds is 3. The SMILES string of the molecule is CC1(N)CCN(CCc2ccc(F)c(F)c2)CC1. The third-order valence-corrected chi connectivity index (χ3v) is 3.70. The normalized spacial score (nSPS) is 20.0. The molecule has 1 heterocycles. The first-order valence-corrected chi connectivity index (χ1v) is 6.41. The van der Waals surface area contributed by atoms with Gasteiger partial charge in [0.15, 0.2) is 11.6 Å². The van der Waals surface area contributed by atoms with Crippen LogP contribution in [0.25, 0.3) is 0 Å². The van der Waals surface area contributed by atoms with E-state index in [9.17, 15) is 8.78 Å². The van der Waals surface area contributed by atoms with E-state index in [2.05, 4.69) is 11.8 Å². The fourth-order valence-corrected chi connectivity index (χ4v) is 2.27. The van der Waals surface area contributed by atoms with Crippen LogP contribution in [0.1, 0.15) is 25.3 Å². The number of hydrogen-bond donors (Lipinski definition) is 1. The summed E-state index contributed by atoms with van der Waals surface area (Å²) in [6, 6.07) is 4.12. The fraction of sp³-hybridized carbons (Fsp3) is 0.571. The van der Waals surface area contributed by atoms with E-state index in [4.69, 9.17) is 5.73 Å². The highest BCUT2D eigenvalue weighted by molar-refractivity contribution is 5.18. The van der Waals surface area contributed by atoms with Crippen molar-refractivity contribution in [1.29, 1.82) is 0 Å². The minimum absolute atomic E-state index is 0.0432. The summed E-state index contributed by atoms with van der Waals surface area (Å²) in [7, 11) is 0. The molecule has 0 atom stereocenters. The molecule has 100 valence electrons. The Balaban J connectivity index is 1.83. The molecular formula is C14H20F2N2. The number of benzene rings is 1. The van der Waals surface area contributed by atoms with Crippen molar-refractivity contribution in [2.45, 2.75) is 31.7 Å². The summed E-state index contributed by atoms with van der Waals surface area (Å²) in [6.07, 6.45) is 2.73. The van der Waals surface area contributed by atoms with Gasteiger partial charge in [0.1, 0.15) is 0 Å². The summed E-state index contributed by atoms with van der Waals surface area (Å²) in [4.78, 5) is 2.33. The maximum absolute atomic E-state index is 13.0. The molecular weight excluding hydrogens is 234 g/mol. The second-order valence-electron chi connectivity index (χ2n) is 5.49. The third-order valence-electron chi connectivity index (χ3n) is 3.70. The maximum atomic E-state index is 13.0. The Bertz CT molecular complexity index is 408. The first-order chi connectivity index (χ1) is 8.46. The lowest BCUT2D eigenvalue weighted by Gasteiger charge is -2.36. The van der Waals surface area contributed by atoms with Crippen LogP contribution in [0.3, 0.4) is 0 Å². The summed E-state index contributed by atoms with van der Waals surface area (Å²) < 4.78 is 25.8. The van der Waals surface area contributed by atoms with E-state index in [1.54, 1.807) is 6.07 Å². The molecule has 1 aliphatic rings. The van der Waals surface area contributed by atoms with E-state index >= 15 is 0 Å². The van der Waals surface area contributed by atoms with Crippen LogP contribution in [0.4, 0.5) is 8.78 Å². The standard InChI is InChI=1S/C14H20F2N2/c1-14(17)5-8-18(9-6-14)7-4-11-2-3-12(15)13(16)10-11/h2-3,10H,4-9,17H2,1H3. The van der Waals surface area contributed by atoms with Crippen molar-refractivity contribution >= 4 is 0 Å². The summed E-state index contributed by atoms with van der Waals surface area (Å²) in [5.41, 5.74) is 6.87. The average Bonchev–Trinajstić information content (AvgIpc) is 2.32. The molecule has 1 aliphatic heterocycles. The molecule has 2 nitrogen and oxygen atoms in total. The predicted octanol–water partition coefficient (Wildman–Crippen LogP) is 2.32. The van der Waals surface area contributed by atoms with Gasteiger partial charge in [0.2, 0.25) is 0 Å². The predicted molar refractivity (Wildman–Crippen MR) is 68.3 cm³/mol. The van der Waals surface area contributed by atoms with E-state index in [1.165, 1.54) is 12.1 Å². The van der Waals surface area contributed by atoms with Gasteiger partial charge in [-0.3, -0.25) is 0 Å². The van der Waals surface area contributed by atoms with Crippen molar-refractivity contribution in [2.75, 3.05) is 19.6 Å². The molecule has 1 aromatic rings. The number of likely N-dealkylation sites (tertiary alicyclic amines) is 1. The Hall–Kier alpha value is -1.00. The lowest BCUT2D eigenvalue weighted by atomic mass is 9.91. The van der Waals surface area contributed by atoms with E-state index in [-0.39, 0.29) is 5.54 Å². The fourth-order valence-electron chi connectivity index (χ4n) is 2.27. The number of nitrogens with zero attached hydrogens (tertiary/aromatic N) is 1. The molecule has 0 saturated carbocycles. The van der Waals surface area contributed by atoms with Gasteiger partial charge in [-0.15, -0.1) is 0 Å². The van der Waals surface area contributed by atoms with Gasteiger partial charge in [0.05, 0.1) is 0 Å². The van der Waals surface area contributed by atoms with Gasteiger partial charge in [0.25, 0.3) is 0 Å². The maximum Gasteiger partial charge on any atom is 0.159 e. The molecule has 18 heavy (non-hydrogen) atoms. The second-order valence-corrected chi connectivity index (χ2v) is 5.49. The van der Waals surface area contributed by atoms with Crippen molar-refractivity contribution in [3.05, 3.63) is 35.4 Å². The topological polar surface area (TPSA) is 29.3 Å². The smallest absolute Gasteiger partial charge is 0.159 e. The van der Waals surface area contributed by atoms with Crippen LogP contribution in [0.2, 0.25) is 0 Å². The zero-order chi connectivity index (χ0) is 13.2. The molecule has 1 saturated heterocycles. The molecule has 2 rings (SSSR count). The largest absolute Gasteiger partial charge is 0.325 e. The van der Waals surface area contributed by atoms with Gasteiger partial charge in [-0.2, -0.15) is 0 Å². The molecule has 1 aromatic carbocycles. The van der Waals surface area contributed by atoms with Gasteiger partial charge >= 0.3 is 0 Å². The lowest BCUT2D eigenvalue weighted by Crippen LogP contribution is -2.48. The Labute approximate surface area is 107 Å². The average molecular weight is 254 g/mol. The summed E-state index contributed by atoms with van der Waals surface area (Å²) >= 11 is 0. The molecule has 1 fully saturated rings. The van der Waals surface area contributed by atoms with Gasteiger partial charge in [0, 0.05) is 12.1 Å². The first-order valence-electron chi connectivity index (χ1n) is 6.41. The molecule has 0 spiro atoms. The summed E-state index contributed by atoms with van der Waals surface area (Å²) in [5, 5.41) is 0. The number of piperidine rings is 1. The van der Waals surface area contributed by atoms with Crippen molar-refractivity contribution in [1.82, 2.24) is 4.90 Å². The van der Waals surface area contributed by atoms with Crippen LogP contribution in [0, 0.1) is 11.6 Å². The van der Waals surface area contributed by atoms with Crippen LogP contribution in [0.15, 0.2) is 18.2 Å². The number of nitrogens with two attached hydrogens (primary N) is 1. The van der Waals surface area contributed by atoms with Crippen LogP contribution < -0.4 is 5.73 Å². The minimum atomic E-state index is -0.782. The third kappa shape index (κ3) is 3.50. The molecule has 0 radical (unpaired) electrons. The van der Waals surface area contributed by atoms with Crippen LogP contribution in [-0.2, 0) is 6.42 Å². The zero-order valence-corrected chi connectivity index (χ0v) is 10.8. The molecule has 0 amide bonds. The molecule has 0 bridgehead atoms. The molecule has 4 heteroatoms. The van der Waals surface area contributed by atoms with E-state index in [1.807, 2.05) is 0 Å². The van der Waals surface area contributed by atoms with Crippen LogP contribution >= 0.6 is 0 Å². The molecule has 2 N–H and O–H groups in total. The van der Waals surface area contributed by atoms with Crippen molar-refractivity contribution in [3.63, 3.8) is 0 Å². The van der Waals surface area contributed by atoms with Gasteiger partial charge in [-0.05, 0) is 57.0 Å². The Morgan fingerprint density at radius 1 is 1.22 bits per heavy atom. The van der Waals surface area contributed by atoms with Gasteiger partial charge < -0.3 is 10.6 Å². The van der Waals surface area contributed by atoms with Crippen LogP contribution in [0.5, 0.6) is 0 Å². The molecule has 0 aromatic heterocycles. The highest BCUT2D eigenvalue weighted by atomic mass is 19.2. The van der Waals surface area contributed by atoms with Gasteiger partial charge in [-0.25, -0.2) is 8.78 Å². The molecule has 0 unspecified atom stereocenters. The Kier molecular flexibility index (Phi) is 3.97. The van der Waals surface area contributed by atoms with E-state index in [0.717, 1.165) is 44.5 Å². The summed E-state index contributed by atoms with van der Waals surface area (Å²) in [6.45, 7) is 4.92. The second kappa shape index (κ2) is 5.33. The minimum Gasteiger partial charge on any atom is -0.325 e. The van der Waals surface area contributed by atoms with E-state index < -0.39 is 11.6 Å².